The van der Waals surface area contributed by atoms with E-state index in [1.54, 1.807) is 19.3 Å². The summed E-state index contributed by atoms with van der Waals surface area (Å²) in [5.74, 6) is 0.279. The summed E-state index contributed by atoms with van der Waals surface area (Å²) in [4.78, 5) is 27.9. The smallest absolute Gasteiger partial charge is 0.256 e. The Kier molecular flexibility index (Phi) is 4.89. The SMILES string of the molecule is C=CCOc1ccc([C@@H]2[C@@H]3CCCN3[C@]3(C(=O)Nc4ccccc43)[C@@H]2[N+](=O)[O-])cc1OC. The van der Waals surface area contributed by atoms with Crippen molar-refractivity contribution in [3.63, 3.8) is 0 Å². The number of anilines is 1. The first-order chi connectivity index (χ1) is 15.5. The lowest BCUT2D eigenvalue weighted by molar-refractivity contribution is -0.534. The first-order valence-electron chi connectivity index (χ1n) is 10.8. The van der Waals surface area contributed by atoms with Gasteiger partial charge >= 0.3 is 0 Å². The van der Waals surface area contributed by atoms with Crippen molar-refractivity contribution in [3.8, 4) is 11.5 Å². The molecule has 4 atom stereocenters. The zero-order valence-electron chi connectivity index (χ0n) is 17.8. The van der Waals surface area contributed by atoms with E-state index < -0.39 is 17.5 Å². The molecule has 3 aliphatic rings. The molecule has 8 nitrogen and oxygen atoms in total. The van der Waals surface area contributed by atoms with Crippen molar-refractivity contribution < 1.29 is 19.2 Å². The summed E-state index contributed by atoms with van der Waals surface area (Å²) in [5, 5.41) is 15.5. The van der Waals surface area contributed by atoms with Crippen LogP contribution in [0.25, 0.3) is 0 Å². The summed E-state index contributed by atoms with van der Waals surface area (Å²) in [7, 11) is 1.55. The number of amides is 1. The number of carbonyl (C=O) groups excluding carboxylic acids is 1. The predicted octanol–water partition coefficient (Wildman–Crippen LogP) is 3.31. The third-order valence-corrected chi connectivity index (χ3v) is 7.02. The fourth-order valence-electron chi connectivity index (χ4n) is 5.93. The molecule has 2 saturated heterocycles. The van der Waals surface area contributed by atoms with Gasteiger partial charge in [-0.3, -0.25) is 19.8 Å². The van der Waals surface area contributed by atoms with Gasteiger partial charge in [-0.05, 0) is 36.6 Å². The van der Waals surface area contributed by atoms with E-state index in [9.17, 15) is 14.9 Å². The lowest BCUT2D eigenvalue weighted by Crippen LogP contribution is -2.55. The Labute approximate surface area is 186 Å². The number of fused-ring (bicyclic) bond motifs is 4. The Morgan fingerprint density at radius 3 is 2.88 bits per heavy atom. The number of carbonyl (C=O) groups is 1. The van der Waals surface area contributed by atoms with Crippen molar-refractivity contribution in [1.29, 1.82) is 0 Å². The van der Waals surface area contributed by atoms with Gasteiger partial charge in [0.1, 0.15) is 6.61 Å². The van der Waals surface area contributed by atoms with Gasteiger partial charge in [0.15, 0.2) is 17.0 Å². The van der Waals surface area contributed by atoms with E-state index in [1.165, 1.54) is 0 Å². The Morgan fingerprint density at radius 2 is 2.12 bits per heavy atom. The first-order valence-corrected chi connectivity index (χ1v) is 10.8. The highest BCUT2D eigenvalue weighted by molar-refractivity contribution is 6.07. The van der Waals surface area contributed by atoms with E-state index in [1.807, 2.05) is 36.4 Å². The van der Waals surface area contributed by atoms with Crippen molar-refractivity contribution in [1.82, 2.24) is 4.90 Å². The number of nitrogens with one attached hydrogen (secondary N) is 1. The zero-order chi connectivity index (χ0) is 22.5. The highest BCUT2D eigenvalue weighted by Crippen LogP contribution is 2.58. The summed E-state index contributed by atoms with van der Waals surface area (Å²) in [6, 6.07) is 11.5. The van der Waals surface area contributed by atoms with Crippen LogP contribution in [0.1, 0.15) is 29.9 Å². The molecule has 0 saturated carbocycles. The van der Waals surface area contributed by atoms with E-state index in [2.05, 4.69) is 16.8 Å². The predicted molar refractivity (Wildman–Crippen MR) is 119 cm³/mol. The van der Waals surface area contributed by atoms with Crippen molar-refractivity contribution in [2.75, 3.05) is 25.6 Å². The van der Waals surface area contributed by atoms with Crippen molar-refractivity contribution in [2.24, 2.45) is 0 Å². The van der Waals surface area contributed by atoms with Crippen molar-refractivity contribution in [2.45, 2.75) is 36.4 Å². The Bertz CT molecular complexity index is 1100. The quantitative estimate of drug-likeness (QED) is 0.425. The molecule has 0 aromatic heterocycles. The summed E-state index contributed by atoms with van der Waals surface area (Å²) in [5.41, 5.74) is 0.804. The molecule has 2 fully saturated rings. The molecule has 0 radical (unpaired) electrons. The third kappa shape index (κ3) is 2.69. The third-order valence-electron chi connectivity index (χ3n) is 7.02. The number of rotatable bonds is 6. The van der Waals surface area contributed by atoms with Crippen LogP contribution in [0.3, 0.4) is 0 Å². The molecule has 2 aromatic carbocycles. The van der Waals surface area contributed by atoms with Gasteiger partial charge in [-0.2, -0.15) is 0 Å². The largest absolute Gasteiger partial charge is 0.493 e. The number of ether oxygens (including phenoxy) is 2. The summed E-state index contributed by atoms with van der Waals surface area (Å²) < 4.78 is 11.2. The molecule has 0 bridgehead atoms. The number of para-hydroxylation sites is 1. The van der Waals surface area contributed by atoms with Gasteiger partial charge in [-0.15, -0.1) is 0 Å². The maximum Gasteiger partial charge on any atom is 0.256 e. The lowest BCUT2D eigenvalue weighted by Gasteiger charge is -2.32. The molecule has 32 heavy (non-hydrogen) atoms. The fraction of sp³-hybridized carbons (Fsp3) is 0.375. The highest BCUT2D eigenvalue weighted by atomic mass is 16.6. The van der Waals surface area contributed by atoms with E-state index in [0.717, 1.165) is 18.4 Å². The minimum atomic E-state index is -1.32. The fourth-order valence-corrected chi connectivity index (χ4v) is 5.93. The average Bonchev–Trinajstić information content (AvgIpc) is 3.45. The number of benzene rings is 2. The topological polar surface area (TPSA) is 93.9 Å². The number of hydrogen-bond acceptors (Lipinski definition) is 6. The number of nitro groups is 1. The van der Waals surface area contributed by atoms with Crippen LogP contribution in [0.15, 0.2) is 55.1 Å². The minimum absolute atomic E-state index is 0.119. The first kappa shape index (κ1) is 20.5. The van der Waals surface area contributed by atoms with E-state index >= 15 is 0 Å². The van der Waals surface area contributed by atoms with E-state index in [-0.39, 0.29) is 16.9 Å². The Hall–Kier alpha value is -3.39. The molecule has 3 heterocycles. The van der Waals surface area contributed by atoms with Gasteiger partial charge in [0.05, 0.1) is 13.0 Å². The number of nitrogens with zero attached hydrogens (tertiary/aromatic N) is 2. The molecule has 8 heteroatoms. The zero-order valence-corrected chi connectivity index (χ0v) is 17.8. The molecule has 1 amide bonds. The van der Waals surface area contributed by atoms with Crippen LogP contribution in [-0.2, 0) is 10.3 Å². The normalized spacial score (nSPS) is 28.3. The van der Waals surface area contributed by atoms with Gasteiger partial charge in [0.25, 0.3) is 11.9 Å². The van der Waals surface area contributed by atoms with Crippen LogP contribution in [-0.4, -0.2) is 48.1 Å². The molecular formula is C24H25N3O5. The second-order valence-electron chi connectivity index (χ2n) is 8.44. The van der Waals surface area contributed by atoms with Gasteiger partial charge in [-0.1, -0.05) is 36.9 Å². The molecule has 3 aliphatic heterocycles. The summed E-state index contributed by atoms with van der Waals surface area (Å²) in [6.07, 6.45) is 3.33. The summed E-state index contributed by atoms with van der Waals surface area (Å²) in [6.45, 7) is 4.63. The lowest BCUT2D eigenvalue weighted by atomic mass is 9.77. The van der Waals surface area contributed by atoms with Crippen LogP contribution < -0.4 is 14.8 Å². The number of hydrogen-bond donors (Lipinski definition) is 1. The van der Waals surface area contributed by atoms with E-state index in [0.29, 0.717) is 35.9 Å². The Balaban J connectivity index is 1.67. The molecule has 0 unspecified atom stereocenters. The molecule has 166 valence electrons. The molecular weight excluding hydrogens is 410 g/mol. The minimum Gasteiger partial charge on any atom is -0.493 e. The van der Waals surface area contributed by atoms with Crippen LogP contribution in [0, 0.1) is 10.1 Å². The Morgan fingerprint density at radius 1 is 1.31 bits per heavy atom. The monoisotopic (exact) mass is 435 g/mol. The van der Waals surface area contributed by atoms with Crippen molar-refractivity contribution >= 4 is 11.6 Å². The average molecular weight is 435 g/mol. The van der Waals surface area contributed by atoms with Crippen molar-refractivity contribution in [3.05, 3.63) is 76.4 Å². The standard InChI is InChI=1S/C24H25N3O5/c1-3-13-32-19-11-10-15(14-20(19)31-2)21-18-9-6-12-26(18)24(22(21)27(29)30)16-7-4-5-8-17(16)25-23(24)28/h3-5,7-8,10-11,14,18,21-22H,1,6,9,12-13H2,2H3,(H,25,28)/t18-,21+,22+,24-/m0/s1. The maximum absolute atomic E-state index is 13.5. The molecule has 0 aliphatic carbocycles. The van der Waals surface area contributed by atoms with Gasteiger partial charge < -0.3 is 14.8 Å². The van der Waals surface area contributed by atoms with Crippen LogP contribution in [0.5, 0.6) is 11.5 Å². The second kappa shape index (κ2) is 7.63. The van der Waals surface area contributed by atoms with Crippen LogP contribution >= 0.6 is 0 Å². The molecule has 5 rings (SSSR count). The highest BCUT2D eigenvalue weighted by Gasteiger charge is 2.73. The van der Waals surface area contributed by atoms with Gasteiger partial charge in [0.2, 0.25) is 0 Å². The molecule has 2 aromatic rings. The van der Waals surface area contributed by atoms with E-state index in [4.69, 9.17) is 9.47 Å². The second-order valence-corrected chi connectivity index (χ2v) is 8.44. The van der Waals surface area contributed by atoms with Gasteiger partial charge in [-0.25, -0.2) is 0 Å². The number of methoxy groups -OCH3 is 1. The summed E-state index contributed by atoms with van der Waals surface area (Å²) >= 11 is 0. The van der Waals surface area contributed by atoms with Gasteiger partial charge in [0, 0.05) is 28.8 Å². The maximum atomic E-state index is 13.5. The van der Waals surface area contributed by atoms with Crippen LogP contribution in [0.4, 0.5) is 5.69 Å². The molecule has 1 N–H and O–H groups in total. The van der Waals surface area contributed by atoms with Crippen LogP contribution in [0.2, 0.25) is 0 Å². The molecule has 1 spiro atoms.